The van der Waals surface area contributed by atoms with E-state index in [-0.39, 0.29) is 18.9 Å². The molecule has 20 heavy (non-hydrogen) atoms. The highest BCUT2D eigenvalue weighted by Crippen LogP contribution is 2.13. The van der Waals surface area contributed by atoms with Gasteiger partial charge in [0.2, 0.25) is 0 Å². The lowest BCUT2D eigenvalue weighted by atomic mass is 10.2. The third kappa shape index (κ3) is 4.51. The number of alkyl carbamates (subject to hydrolysis) is 1. The van der Waals surface area contributed by atoms with Gasteiger partial charge in [-0.3, -0.25) is 0 Å². The first kappa shape index (κ1) is 14.8. The van der Waals surface area contributed by atoms with Crippen LogP contribution in [0.4, 0.5) is 4.79 Å². The number of amides is 1. The maximum Gasteiger partial charge on any atom is 0.407 e. The average Bonchev–Trinajstić information content (AvgIpc) is 2.47. The van der Waals surface area contributed by atoms with E-state index in [2.05, 4.69) is 5.32 Å². The number of carbonyl (C=O) groups is 1. The van der Waals surface area contributed by atoms with E-state index >= 15 is 0 Å². The molecule has 0 aliphatic carbocycles. The van der Waals surface area contributed by atoms with Gasteiger partial charge in [0.15, 0.2) is 6.29 Å². The number of nitrogens with one attached hydrogen (secondary N) is 1. The standard InChI is InChI=1S/C15H21NO4/c1-11(2)14-18-9-13(10-19-14)16-15(17)20-8-12-6-4-3-5-7-12/h3-7,11,13-14H,8-10H2,1-2H3,(H,16,17). The summed E-state index contributed by atoms with van der Waals surface area (Å²) in [7, 11) is 0. The molecule has 5 heteroatoms. The second-order valence-electron chi connectivity index (χ2n) is 5.18. The van der Waals surface area contributed by atoms with E-state index in [0.717, 1.165) is 5.56 Å². The van der Waals surface area contributed by atoms with Gasteiger partial charge < -0.3 is 19.5 Å². The highest BCUT2D eigenvalue weighted by Gasteiger charge is 2.25. The van der Waals surface area contributed by atoms with Crippen LogP contribution in [0.3, 0.4) is 0 Å². The predicted molar refractivity (Wildman–Crippen MR) is 74.1 cm³/mol. The Bertz CT molecular complexity index is 413. The summed E-state index contributed by atoms with van der Waals surface area (Å²) in [6.45, 7) is 5.22. The molecule has 0 spiro atoms. The third-order valence-corrected chi connectivity index (χ3v) is 3.00. The molecule has 0 unspecified atom stereocenters. The molecule has 2 rings (SSSR count). The summed E-state index contributed by atoms with van der Waals surface area (Å²) < 4.78 is 16.2. The zero-order valence-corrected chi connectivity index (χ0v) is 11.9. The highest BCUT2D eigenvalue weighted by atomic mass is 16.7. The Kier molecular flexibility index (Phi) is 5.38. The number of hydrogen-bond donors (Lipinski definition) is 1. The van der Waals surface area contributed by atoms with Gasteiger partial charge in [-0.1, -0.05) is 44.2 Å². The van der Waals surface area contributed by atoms with Crippen LogP contribution in [0.25, 0.3) is 0 Å². The molecule has 1 aliphatic rings. The lowest BCUT2D eigenvalue weighted by Gasteiger charge is -2.31. The molecule has 0 atom stereocenters. The van der Waals surface area contributed by atoms with Crippen LogP contribution >= 0.6 is 0 Å². The van der Waals surface area contributed by atoms with Crippen molar-refractivity contribution in [2.24, 2.45) is 5.92 Å². The largest absolute Gasteiger partial charge is 0.445 e. The smallest absolute Gasteiger partial charge is 0.407 e. The van der Waals surface area contributed by atoms with Gasteiger partial charge in [0.1, 0.15) is 6.61 Å². The average molecular weight is 279 g/mol. The van der Waals surface area contributed by atoms with Crippen LogP contribution in [0.1, 0.15) is 19.4 Å². The van der Waals surface area contributed by atoms with Gasteiger partial charge in [-0.2, -0.15) is 0 Å². The van der Waals surface area contributed by atoms with Gasteiger partial charge in [0.05, 0.1) is 19.3 Å². The van der Waals surface area contributed by atoms with Crippen molar-refractivity contribution >= 4 is 6.09 Å². The molecular formula is C15H21NO4. The third-order valence-electron chi connectivity index (χ3n) is 3.00. The molecule has 1 fully saturated rings. The van der Waals surface area contributed by atoms with Crippen LogP contribution < -0.4 is 5.32 Å². The van der Waals surface area contributed by atoms with Crippen molar-refractivity contribution in [2.45, 2.75) is 32.8 Å². The second kappa shape index (κ2) is 7.26. The SMILES string of the molecule is CC(C)C1OCC(NC(=O)OCc2ccccc2)CO1. The molecule has 0 radical (unpaired) electrons. The maximum atomic E-state index is 11.7. The van der Waals surface area contributed by atoms with Crippen LogP contribution in [-0.2, 0) is 20.8 Å². The van der Waals surface area contributed by atoms with E-state index in [9.17, 15) is 4.79 Å². The number of benzene rings is 1. The van der Waals surface area contributed by atoms with Crippen molar-refractivity contribution in [3.05, 3.63) is 35.9 Å². The van der Waals surface area contributed by atoms with E-state index < -0.39 is 6.09 Å². The monoisotopic (exact) mass is 279 g/mol. The minimum atomic E-state index is -0.450. The summed E-state index contributed by atoms with van der Waals surface area (Å²) in [6.07, 6.45) is -0.637. The number of rotatable bonds is 4. The van der Waals surface area contributed by atoms with Crippen molar-refractivity contribution < 1.29 is 19.0 Å². The van der Waals surface area contributed by atoms with Crippen LogP contribution in [0, 0.1) is 5.92 Å². The van der Waals surface area contributed by atoms with E-state index in [0.29, 0.717) is 19.1 Å². The fourth-order valence-corrected chi connectivity index (χ4v) is 1.92. The van der Waals surface area contributed by atoms with E-state index in [1.807, 2.05) is 44.2 Å². The summed E-state index contributed by atoms with van der Waals surface area (Å²) in [4.78, 5) is 11.7. The van der Waals surface area contributed by atoms with Crippen molar-refractivity contribution in [2.75, 3.05) is 13.2 Å². The molecule has 1 aromatic carbocycles. The quantitative estimate of drug-likeness (QED) is 0.919. The Morgan fingerprint density at radius 1 is 1.30 bits per heavy atom. The van der Waals surface area contributed by atoms with Crippen molar-refractivity contribution in [1.29, 1.82) is 0 Å². The first-order valence-electron chi connectivity index (χ1n) is 6.85. The lowest BCUT2D eigenvalue weighted by Crippen LogP contribution is -2.48. The minimum Gasteiger partial charge on any atom is -0.445 e. The summed E-state index contributed by atoms with van der Waals surface area (Å²) in [5.74, 6) is 0.306. The lowest BCUT2D eigenvalue weighted by molar-refractivity contribution is -0.208. The fraction of sp³-hybridized carbons (Fsp3) is 0.533. The van der Waals surface area contributed by atoms with Crippen molar-refractivity contribution in [3.8, 4) is 0 Å². The molecule has 110 valence electrons. The Morgan fingerprint density at radius 3 is 2.55 bits per heavy atom. The summed E-state index contributed by atoms with van der Waals surface area (Å²) >= 11 is 0. The fourth-order valence-electron chi connectivity index (χ4n) is 1.92. The molecule has 1 saturated heterocycles. The Hall–Kier alpha value is -1.59. The first-order chi connectivity index (χ1) is 9.65. The van der Waals surface area contributed by atoms with Gasteiger partial charge >= 0.3 is 6.09 Å². The predicted octanol–water partition coefficient (Wildman–Crippen LogP) is 2.31. The van der Waals surface area contributed by atoms with E-state index in [1.54, 1.807) is 0 Å². The normalized spacial score (nSPS) is 22.6. The van der Waals surface area contributed by atoms with Gasteiger partial charge in [-0.25, -0.2) is 4.79 Å². The Balaban J connectivity index is 1.68. The van der Waals surface area contributed by atoms with Gasteiger partial charge in [0, 0.05) is 5.92 Å². The first-order valence-corrected chi connectivity index (χ1v) is 6.85. The van der Waals surface area contributed by atoms with Crippen LogP contribution in [0.2, 0.25) is 0 Å². The maximum absolute atomic E-state index is 11.7. The van der Waals surface area contributed by atoms with Crippen LogP contribution in [0.15, 0.2) is 30.3 Å². The zero-order chi connectivity index (χ0) is 14.4. The molecule has 1 amide bonds. The molecule has 0 aromatic heterocycles. The van der Waals surface area contributed by atoms with Crippen LogP contribution in [-0.4, -0.2) is 31.6 Å². The molecular weight excluding hydrogens is 258 g/mol. The Morgan fingerprint density at radius 2 is 1.95 bits per heavy atom. The second-order valence-corrected chi connectivity index (χ2v) is 5.18. The molecule has 1 heterocycles. The van der Waals surface area contributed by atoms with E-state index in [4.69, 9.17) is 14.2 Å². The summed E-state index contributed by atoms with van der Waals surface area (Å²) in [5, 5.41) is 2.74. The molecule has 1 aromatic rings. The molecule has 0 saturated carbocycles. The Labute approximate surface area is 119 Å². The van der Waals surface area contributed by atoms with Crippen molar-refractivity contribution in [3.63, 3.8) is 0 Å². The minimum absolute atomic E-state index is 0.159. The van der Waals surface area contributed by atoms with Crippen LogP contribution in [0.5, 0.6) is 0 Å². The highest BCUT2D eigenvalue weighted by molar-refractivity contribution is 5.67. The molecule has 1 N–H and O–H groups in total. The van der Waals surface area contributed by atoms with E-state index in [1.165, 1.54) is 0 Å². The number of ether oxygens (including phenoxy) is 3. The zero-order valence-electron chi connectivity index (χ0n) is 11.9. The van der Waals surface area contributed by atoms with Gasteiger partial charge in [-0.05, 0) is 5.56 Å². The topological polar surface area (TPSA) is 56.8 Å². The molecule has 0 bridgehead atoms. The number of hydrogen-bond acceptors (Lipinski definition) is 4. The molecule has 1 aliphatic heterocycles. The van der Waals surface area contributed by atoms with Crippen molar-refractivity contribution in [1.82, 2.24) is 5.32 Å². The summed E-state index contributed by atoms with van der Waals surface area (Å²) in [6, 6.07) is 9.40. The van der Waals surface area contributed by atoms with Gasteiger partial charge in [0.25, 0.3) is 0 Å². The summed E-state index contributed by atoms with van der Waals surface area (Å²) in [5.41, 5.74) is 0.957. The molecule has 5 nitrogen and oxygen atoms in total. The number of carbonyl (C=O) groups excluding carboxylic acids is 1. The van der Waals surface area contributed by atoms with Gasteiger partial charge in [-0.15, -0.1) is 0 Å².